The van der Waals surface area contributed by atoms with Crippen LogP contribution >= 0.6 is 0 Å². The van der Waals surface area contributed by atoms with Crippen LogP contribution < -0.4 is 14.8 Å². The summed E-state index contributed by atoms with van der Waals surface area (Å²) in [6, 6.07) is 23.0. The number of aryl methyl sites for hydroxylation is 1. The van der Waals surface area contributed by atoms with E-state index in [1.165, 1.54) is 0 Å². The van der Waals surface area contributed by atoms with Gasteiger partial charge in [-0.25, -0.2) is 4.79 Å². The van der Waals surface area contributed by atoms with E-state index in [1.54, 1.807) is 19.1 Å². The van der Waals surface area contributed by atoms with E-state index in [0.29, 0.717) is 19.5 Å². The highest BCUT2D eigenvalue weighted by Crippen LogP contribution is 2.25. The van der Waals surface area contributed by atoms with Gasteiger partial charge in [0.1, 0.15) is 11.5 Å². The highest BCUT2D eigenvalue weighted by Gasteiger charge is 2.28. The number of methoxy groups -OCH3 is 2. The third kappa shape index (κ3) is 5.67. The van der Waals surface area contributed by atoms with Crippen LogP contribution in [0.5, 0.6) is 11.5 Å². The van der Waals surface area contributed by atoms with Crippen molar-refractivity contribution in [1.82, 2.24) is 4.90 Å². The van der Waals surface area contributed by atoms with E-state index >= 15 is 0 Å². The molecule has 7 heteroatoms. The Hall–Kier alpha value is -4.00. The zero-order chi connectivity index (χ0) is 23.9. The van der Waals surface area contributed by atoms with Gasteiger partial charge in [0.2, 0.25) is 0 Å². The van der Waals surface area contributed by atoms with Crippen LogP contribution in [0, 0.1) is 6.92 Å². The Kier molecular flexibility index (Phi) is 7.32. The van der Waals surface area contributed by atoms with Gasteiger partial charge >= 0.3 is 6.03 Å². The number of benzene rings is 3. The van der Waals surface area contributed by atoms with Crippen LogP contribution in [0.4, 0.5) is 10.5 Å². The molecule has 0 saturated heterocycles. The second kappa shape index (κ2) is 10.7. The number of anilines is 1. The molecule has 176 valence electrons. The SMILES string of the molecule is COc1cccc(CN(CC2CC(c3ccccc3OC)=NO2)C(=O)Nc2cccc(C)c2)c1. The highest BCUT2D eigenvalue weighted by atomic mass is 16.6. The van der Waals surface area contributed by atoms with Crippen LogP contribution in [0.1, 0.15) is 23.1 Å². The van der Waals surface area contributed by atoms with Gasteiger partial charge in [-0.2, -0.15) is 0 Å². The summed E-state index contributed by atoms with van der Waals surface area (Å²) in [7, 11) is 3.27. The number of hydrogen-bond donors (Lipinski definition) is 1. The predicted octanol–water partition coefficient (Wildman–Crippen LogP) is 5.24. The molecule has 1 atom stereocenters. The minimum absolute atomic E-state index is 0.206. The van der Waals surface area contributed by atoms with Crippen LogP contribution in [0.2, 0.25) is 0 Å². The molecule has 0 saturated carbocycles. The van der Waals surface area contributed by atoms with E-state index < -0.39 is 0 Å². The highest BCUT2D eigenvalue weighted by molar-refractivity contribution is 6.03. The number of hydrogen-bond acceptors (Lipinski definition) is 5. The van der Waals surface area contributed by atoms with Gasteiger partial charge in [0.15, 0.2) is 6.10 Å². The van der Waals surface area contributed by atoms with Crippen molar-refractivity contribution in [2.24, 2.45) is 5.16 Å². The zero-order valence-corrected chi connectivity index (χ0v) is 19.7. The molecule has 1 aliphatic heterocycles. The number of carbonyl (C=O) groups excluding carboxylic acids is 1. The monoisotopic (exact) mass is 459 g/mol. The van der Waals surface area contributed by atoms with E-state index in [9.17, 15) is 4.79 Å². The minimum Gasteiger partial charge on any atom is -0.497 e. The van der Waals surface area contributed by atoms with E-state index in [2.05, 4.69) is 10.5 Å². The first-order valence-electron chi connectivity index (χ1n) is 11.2. The second-order valence-electron chi connectivity index (χ2n) is 8.20. The molecule has 1 N–H and O–H groups in total. The number of ether oxygens (including phenoxy) is 2. The fourth-order valence-electron chi connectivity index (χ4n) is 3.95. The van der Waals surface area contributed by atoms with Crippen LogP contribution in [0.25, 0.3) is 0 Å². The Morgan fingerprint density at radius 2 is 1.88 bits per heavy atom. The Morgan fingerprint density at radius 1 is 1.06 bits per heavy atom. The number of rotatable bonds is 8. The molecule has 4 rings (SSSR count). The van der Waals surface area contributed by atoms with Crippen LogP contribution in [-0.2, 0) is 11.4 Å². The summed E-state index contributed by atoms with van der Waals surface area (Å²) < 4.78 is 10.8. The summed E-state index contributed by atoms with van der Waals surface area (Å²) >= 11 is 0. The van der Waals surface area contributed by atoms with E-state index in [-0.39, 0.29) is 12.1 Å². The third-order valence-corrected chi connectivity index (χ3v) is 5.64. The topological polar surface area (TPSA) is 72.4 Å². The summed E-state index contributed by atoms with van der Waals surface area (Å²) in [5.41, 5.74) is 4.49. The molecule has 0 bridgehead atoms. The zero-order valence-electron chi connectivity index (χ0n) is 19.7. The van der Waals surface area contributed by atoms with Gasteiger partial charge in [-0.3, -0.25) is 0 Å². The van der Waals surface area contributed by atoms with Crippen molar-refractivity contribution in [3.05, 3.63) is 89.5 Å². The smallest absolute Gasteiger partial charge is 0.322 e. The Labute approximate surface area is 199 Å². The minimum atomic E-state index is -0.270. The number of nitrogens with zero attached hydrogens (tertiary/aromatic N) is 2. The Balaban J connectivity index is 1.50. The van der Waals surface area contributed by atoms with Crippen molar-refractivity contribution >= 4 is 17.4 Å². The molecule has 34 heavy (non-hydrogen) atoms. The van der Waals surface area contributed by atoms with E-state index in [0.717, 1.165) is 39.6 Å². The maximum Gasteiger partial charge on any atom is 0.322 e. The maximum atomic E-state index is 13.3. The summed E-state index contributed by atoms with van der Waals surface area (Å²) in [6.45, 7) is 2.77. The lowest BCUT2D eigenvalue weighted by molar-refractivity contribution is 0.0608. The molecular weight excluding hydrogens is 430 g/mol. The first kappa shape index (κ1) is 23.2. The van der Waals surface area contributed by atoms with Crippen molar-refractivity contribution < 1.29 is 19.1 Å². The molecule has 3 aromatic rings. The van der Waals surface area contributed by atoms with Crippen molar-refractivity contribution in [2.45, 2.75) is 26.0 Å². The molecule has 1 unspecified atom stereocenters. The summed E-state index contributed by atoms with van der Waals surface area (Å²) in [6.07, 6.45) is 0.306. The van der Waals surface area contributed by atoms with Crippen LogP contribution in [0.15, 0.2) is 78.0 Å². The Bertz CT molecular complexity index is 1180. The lowest BCUT2D eigenvalue weighted by Crippen LogP contribution is -2.40. The largest absolute Gasteiger partial charge is 0.497 e. The van der Waals surface area contributed by atoms with Crippen LogP contribution in [0.3, 0.4) is 0 Å². The number of carbonyl (C=O) groups is 1. The van der Waals surface area contributed by atoms with Gasteiger partial charge in [-0.05, 0) is 54.4 Å². The number of oxime groups is 1. The van der Waals surface area contributed by atoms with E-state index in [1.807, 2.05) is 79.7 Å². The van der Waals surface area contributed by atoms with Crippen molar-refractivity contribution in [3.63, 3.8) is 0 Å². The number of amides is 2. The molecule has 0 aliphatic carbocycles. The molecule has 2 amide bonds. The van der Waals surface area contributed by atoms with Crippen molar-refractivity contribution in [1.29, 1.82) is 0 Å². The van der Waals surface area contributed by atoms with Crippen LogP contribution in [-0.4, -0.2) is 43.5 Å². The average molecular weight is 460 g/mol. The molecule has 7 nitrogen and oxygen atoms in total. The van der Waals surface area contributed by atoms with E-state index in [4.69, 9.17) is 14.3 Å². The fourth-order valence-corrected chi connectivity index (χ4v) is 3.95. The maximum absolute atomic E-state index is 13.3. The number of para-hydroxylation sites is 1. The number of nitrogens with one attached hydrogen (secondary N) is 1. The third-order valence-electron chi connectivity index (χ3n) is 5.64. The second-order valence-corrected chi connectivity index (χ2v) is 8.20. The summed E-state index contributed by atoms with van der Waals surface area (Å²) in [5, 5.41) is 7.31. The average Bonchev–Trinajstić information content (AvgIpc) is 3.32. The molecule has 0 radical (unpaired) electrons. The number of urea groups is 1. The molecule has 1 aliphatic rings. The standard InChI is InChI=1S/C27H29N3O4/c1-19-8-6-10-21(14-19)28-27(31)30(17-20-9-7-11-22(15-20)32-2)18-23-16-25(29-34-23)24-12-4-5-13-26(24)33-3/h4-15,23H,16-18H2,1-3H3,(H,28,31). The molecule has 0 fully saturated rings. The summed E-state index contributed by atoms with van der Waals surface area (Å²) in [4.78, 5) is 20.8. The lowest BCUT2D eigenvalue weighted by Gasteiger charge is -2.25. The lowest BCUT2D eigenvalue weighted by atomic mass is 10.0. The fraction of sp³-hybridized carbons (Fsp3) is 0.259. The van der Waals surface area contributed by atoms with Gasteiger partial charge in [0, 0.05) is 24.2 Å². The summed E-state index contributed by atoms with van der Waals surface area (Å²) in [5.74, 6) is 1.49. The molecule has 3 aromatic carbocycles. The molecular formula is C27H29N3O4. The van der Waals surface area contributed by atoms with Crippen molar-refractivity contribution in [2.75, 3.05) is 26.1 Å². The van der Waals surface area contributed by atoms with Gasteiger partial charge in [0.25, 0.3) is 0 Å². The quantitative estimate of drug-likeness (QED) is 0.500. The molecule has 0 spiro atoms. The van der Waals surface area contributed by atoms with Gasteiger partial charge < -0.3 is 24.5 Å². The Morgan fingerprint density at radius 3 is 2.68 bits per heavy atom. The molecule has 1 heterocycles. The van der Waals surface area contributed by atoms with Gasteiger partial charge in [-0.1, -0.05) is 41.6 Å². The normalized spacial score (nSPS) is 14.7. The first-order valence-corrected chi connectivity index (χ1v) is 11.2. The first-order chi connectivity index (χ1) is 16.6. The van der Waals surface area contributed by atoms with Crippen molar-refractivity contribution in [3.8, 4) is 11.5 Å². The van der Waals surface area contributed by atoms with Gasteiger partial charge in [-0.15, -0.1) is 0 Å². The predicted molar refractivity (Wildman–Crippen MR) is 133 cm³/mol. The molecule has 0 aromatic heterocycles. The van der Waals surface area contributed by atoms with Gasteiger partial charge in [0.05, 0.1) is 26.5 Å².